The van der Waals surface area contributed by atoms with Crippen LogP contribution in [-0.4, -0.2) is 0 Å². The van der Waals surface area contributed by atoms with Gasteiger partial charge in [0, 0.05) is 5.56 Å². The van der Waals surface area contributed by atoms with Crippen LogP contribution in [0.15, 0.2) is 54.6 Å². The van der Waals surface area contributed by atoms with Crippen LogP contribution < -0.4 is 4.74 Å². The number of rotatable bonds is 1. The van der Waals surface area contributed by atoms with Crippen LogP contribution in [0.1, 0.15) is 22.8 Å². The third-order valence-electron chi connectivity index (χ3n) is 3.03. The van der Waals surface area contributed by atoms with Gasteiger partial charge >= 0.3 is 0 Å². The molecule has 0 unspecified atom stereocenters. The smallest absolute Gasteiger partial charge is 0.142 e. The molecule has 1 atom stereocenters. The zero-order valence-corrected chi connectivity index (χ0v) is 9.76. The third-order valence-corrected chi connectivity index (χ3v) is 3.03. The predicted molar refractivity (Wildman–Crippen MR) is 70.0 cm³/mol. The van der Waals surface area contributed by atoms with Gasteiger partial charge in [-0.25, -0.2) is 0 Å². The maximum Gasteiger partial charge on any atom is 0.142 e. The van der Waals surface area contributed by atoms with Crippen molar-refractivity contribution in [2.45, 2.75) is 13.0 Å². The van der Waals surface area contributed by atoms with E-state index < -0.39 is 0 Å². The predicted octanol–water partition coefficient (Wildman–Crippen LogP) is 4.14. The minimum atomic E-state index is 0.0329. The Hall–Kier alpha value is -2.02. The average Bonchev–Trinajstić information content (AvgIpc) is 2.39. The molecule has 0 radical (unpaired) electrons. The van der Waals surface area contributed by atoms with E-state index in [4.69, 9.17) is 4.74 Å². The van der Waals surface area contributed by atoms with Crippen LogP contribution in [0.2, 0.25) is 0 Å². The summed E-state index contributed by atoms with van der Waals surface area (Å²) in [5, 5.41) is 0. The van der Waals surface area contributed by atoms with Gasteiger partial charge in [-0.15, -0.1) is 0 Å². The first-order valence-electron chi connectivity index (χ1n) is 5.83. The van der Waals surface area contributed by atoms with Gasteiger partial charge in [-0.3, -0.25) is 0 Å². The molecule has 0 bridgehead atoms. The van der Waals surface area contributed by atoms with Crippen LogP contribution in [0, 0.1) is 6.92 Å². The van der Waals surface area contributed by atoms with Crippen LogP contribution in [-0.2, 0) is 0 Å². The van der Waals surface area contributed by atoms with Gasteiger partial charge in [0.2, 0.25) is 0 Å². The summed E-state index contributed by atoms with van der Waals surface area (Å²) < 4.78 is 5.97. The minimum Gasteiger partial charge on any atom is -0.481 e. The van der Waals surface area contributed by atoms with Crippen molar-refractivity contribution in [2.75, 3.05) is 0 Å². The van der Waals surface area contributed by atoms with E-state index in [0.717, 1.165) is 11.3 Å². The van der Waals surface area contributed by atoms with Crippen molar-refractivity contribution in [1.29, 1.82) is 0 Å². The Morgan fingerprint density at radius 3 is 2.53 bits per heavy atom. The third kappa shape index (κ3) is 1.96. The van der Waals surface area contributed by atoms with Gasteiger partial charge in [0.05, 0.1) is 0 Å². The highest BCUT2D eigenvalue weighted by atomic mass is 16.5. The molecule has 2 aromatic carbocycles. The lowest BCUT2D eigenvalue weighted by molar-refractivity contribution is 0.252. The minimum absolute atomic E-state index is 0.0329. The summed E-state index contributed by atoms with van der Waals surface area (Å²) >= 11 is 0. The highest BCUT2D eigenvalue weighted by Gasteiger charge is 2.15. The Morgan fingerprint density at radius 1 is 0.941 bits per heavy atom. The Balaban J connectivity index is 1.92. The summed E-state index contributed by atoms with van der Waals surface area (Å²) in [6, 6.07) is 16.6. The molecule has 0 amide bonds. The highest BCUT2D eigenvalue weighted by molar-refractivity contribution is 5.60. The Bertz CT molecular complexity index is 552. The van der Waals surface area contributed by atoms with Crippen LogP contribution in [0.5, 0.6) is 5.75 Å². The van der Waals surface area contributed by atoms with E-state index in [9.17, 15) is 0 Å². The zero-order valence-electron chi connectivity index (χ0n) is 9.76. The van der Waals surface area contributed by atoms with Crippen LogP contribution in [0.25, 0.3) is 6.08 Å². The van der Waals surface area contributed by atoms with Gasteiger partial charge in [0.15, 0.2) is 0 Å². The van der Waals surface area contributed by atoms with E-state index >= 15 is 0 Å². The largest absolute Gasteiger partial charge is 0.481 e. The summed E-state index contributed by atoms with van der Waals surface area (Å²) in [6.45, 7) is 2.09. The van der Waals surface area contributed by atoms with Gasteiger partial charge in [-0.05, 0) is 24.6 Å². The normalized spacial score (nSPS) is 17.4. The fourth-order valence-corrected chi connectivity index (χ4v) is 2.03. The SMILES string of the molecule is Cc1ccc([C@@H]2C=Cc3ccccc3O2)cc1. The number of ether oxygens (including phenoxy) is 1. The van der Waals surface area contributed by atoms with E-state index in [1.54, 1.807) is 0 Å². The van der Waals surface area contributed by atoms with Crippen molar-refractivity contribution in [2.24, 2.45) is 0 Å². The second kappa shape index (κ2) is 4.10. The maximum absolute atomic E-state index is 5.97. The van der Waals surface area contributed by atoms with E-state index in [1.807, 2.05) is 18.2 Å². The van der Waals surface area contributed by atoms with Gasteiger partial charge < -0.3 is 4.74 Å². The fraction of sp³-hybridized carbons (Fsp3) is 0.125. The molecule has 1 heterocycles. The zero-order chi connectivity index (χ0) is 11.7. The molecule has 1 heteroatoms. The molecule has 0 fully saturated rings. The Morgan fingerprint density at radius 2 is 1.71 bits per heavy atom. The first-order valence-corrected chi connectivity index (χ1v) is 5.83. The van der Waals surface area contributed by atoms with Gasteiger partial charge in [0.1, 0.15) is 11.9 Å². The number of fused-ring (bicyclic) bond motifs is 1. The number of hydrogen-bond donors (Lipinski definition) is 0. The molecule has 0 saturated carbocycles. The number of aryl methyl sites for hydroxylation is 1. The summed E-state index contributed by atoms with van der Waals surface area (Å²) in [5.74, 6) is 0.959. The molecular formula is C16H14O. The molecule has 0 spiro atoms. The van der Waals surface area contributed by atoms with Gasteiger partial charge in [-0.1, -0.05) is 54.1 Å². The monoisotopic (exact) mass is 222 g/mol. The molecular weight excluding hydrogens is 208 g/mol. The van der Waals surface area contributed by atoms with E-state index in [1.165, 1.54) is 11.1 Å². The van der Waals surface area contributed by atoms with Gasteiger partial charge in [0.25, 0.3) is 0 Å². The van der Waals surface area contributed by atoms with Crippen LogP contribution >= 0.6 is 0 Å². The molecule has 0 aromatic heterocycles. The molecule has 0 saturated heterocycles. The van der Waals surface area contributed by atoms with E-state index in [-0.39, 0.29) is 6.10 Å². The van der Waals surface area contributed by atoms with Crippen molar-refractivity contribution < 1.29 is 4.74 Å². The molecule has 84 valence electrons. The standard InChI is InChI=1S/C16H14O/c1-12-6-8-14(9-7-12)16-11-10-13-4-2-3-5-15(13)17-16/h2-11,16H,1H3/t16-/m0/s1. The van der Waals surface area contributed by atoms with Crippen molar-refractivity contribution in [1.82, 2.24) is 0 Å². The molecule has 1 aliphatic heterocycles. The molecule has 1 aliphatic rings. The molecule has 0 aliphatic carbocycles. The molecule has 3 rings (SSSR count). The average molecular weight is 222 g/mol. The van der Waals surface area contributed by atoms with Crippen molar-refractivity contribution in [3.05, 3.63) is 71.3 Å². The van der Waals surface area contributed by atoms with E-state index in [0.29, 0.717) is 0 Å². The van der Waals surface area contributed by atoms with Crippen LogP contribution in [0.4, 0.5) is 0 Å². The number of para-hydroxylation sites is 1. The first-order chi connectivity index (χ1) is 8.33. The summed E-state index contributed by atoms with van der Waals surface area (Å²) in [4.78, 5) is 0. The summed E-state index contributed by atoms with van der Waals surface area (Å²) in [6.07, 6.45) is 4.27. The lowest BCUT2D eigenvalue weighted by Gasteiger charge is -2.21. The van der Waals surface area contributed by atoms with Gasteiger partial charge in [-0.2, -0.15) is 0 Å². The topological polar surface area (TPSA) is 9.23 Å². The Labute approximate surface area is 101 Å². The van der Waals surface area contributed by atoms with Crippen molar-refractivity contribution in [3.8, 4) is 5.75 Å². The lowest BCUT2D eigenvalue weighted by Crippen LogP contribution is -2.08. The molecule has 1 nitrogen and oxygen atoms in total. The molecule has 17 heavy (non-hydrogen) atoms. The van der Waals surface area contributed by atoms with Crippen molar-refractivity contribution in [3.63, 3.8) is 0 Å². The fourth-order valence-electron chi connectivity index (χ4n) is 2.03. The molecule has 2 aromatic rings. The molecule has 0 N–H and O–H groups in total. The second-order valence-corrected chi connectivity index (χ2v) is 4.35. The van der Waals surface area contributed by atoms with Crippen molar-refractivity contribution >= 4 is 6.08 Å². The highest BCUT2D eigenvalue weighted by Crippen LogP contribution is 2.32. The number of hydrogen-bond acceptors (Lipinski definition) is 1. The quantitative estimate of drug-likeness (QED) is 0.704. The van der Waals surface area contributed by atoms with Crippen LogP contribution in [0.3, 0.4) is 0 Å². The first kappa shape index (κ1) is 10.2. The Kier molecular flexibility index (Phi) is 2.45. The second-order valence-electron chi connectivity index (χ2n) is 4.35. The summed E-state index contributed by atoms with van der Waals surface area (Å²) in [5.41, 5.74) is 3.62. The maximum atomic E-state index is 5.97. The lowest BCUT2D eigenvalue weighted by atomic mass is 10.0. The van der Waals surface area contributed by atoms with E-state index in [2.05, 4.69) is 49.4 Å². The number of benzene rings is 2. The summed E-state index contributed by atoms with van der Waals surface area (Å²) in [7, 11) is 0.